The van der Waals surface area contributed by atoms with Crippen LogP contribution in [-0.2, 0) is 17.8 Å². The Morgan fingerprint density at radius 2 is 1.81 bits per heavy atom. The Morgan fingerprint density at radius 1 is 1.14 bits per heavy atom. The number of halogens is 3. The SMILES string of the molecule is Cc1cc(-c2c(F)n3n(c2=O)CCOCC3)c(Cl)cc1Cl. The van der Waals surface area contributed by atoms with Crippen molar-refractivity contribution in [3.63, 3.8) is 0 Å². The Labute approximate surface area is 130 Å². The quantitative estimate of drug-likeness (QED) is 0.805. The van der Waals surface area contributed by atoms with Crippen LogP contribution in [-0.4, -0.2) is 22.6 Å². The lowest BCUT2D eigenvalue weighted by Gasteiger charge is -2.06. The Bertz CT molecular complexity index is 767. The molecular formula is C14H13Cl2FN2O2. The van der Waals surface area contributed by atoms with Crippen LogP contribution in [0.3, 0.4) is 0 Å². The zero-order valence-electron chi connectivity index (χ0n) is 11.3. The highest BCUT2D eigenvalue weighted by Crippen LogP contribution is 2.32. The highest BCUT2D eigenvalue weighted by atomic mass is 35.5. The number of fused-ring (bicyclic) bond motifs is 1. The molecular weight excluding hydrogens is 318 g/mol. The smallest absolute Gasteiger partial charge is 0.277 e. The molecule has 4 nitrogen and oxygen atoms in total. The monoisotopic (exact) mass is 330 g/mol. The van der Waals surface area contributed by atoms with Gasteiger partial charge in [-0.3, -0.25) is 9.48 Å². The topological polar surface area (TPSA) is 36.2 Å². The average molecular weight is 331 g/mol. The second kappa shape index (κ2) is 5.48. The van der Waals surface area contributed by atoms with Gasteiger partial charge in [0.25, 0.3) is 5.56 Å². The summed E-state index contributed by atoms with van der Waals surface area (Å²) < 4.78 is 22.6. The minimum atomic E-state index is -0.589. The van der Waals surface area contributed by atoms with Crippen LogP contribution in [0.2, 0.25) is 10.0 Å². The summed E-state index contributed by atoms with van der Waals surface area (Å²) in [5.41, 5.74) is 0.697. The molecule has 0 atom stereocenters. The second-order valence-corrected chi connectivity index (χ2v) is 5.73. The Balaban J connectivity index is 2.25. The van der Waals surface area contributed by atoms with E-state index in [4.69, 9.17) is 27.9 Å². The van der Waals surface area contributed by atoms with Crippen LogP contribution >= 0.6 is 23.2 Å². The lowest BCUT2D eigenvalue weighted by molar-refractivity contribution is 0.136. The first-order valence-electron chi connectivity index (χ1n) is 6.53. The highest BCUT2D eigenvalue weighted by molar-refractivity contribution is 6.36. The van der Waals surface area contributed by atoms with Crippen LogP contribution in [0.25, 0.3) is 11.1 Å². The maximum Gasteiger partial charge on any atom is 0.277 e. The minimum Gasteiger partial charge on any atom is -0.378 e. The van der Waals surface area contributed by atoms with Crippen LogP contribution in [0.4, 0.5) is 4.39 Å². The fourth-order valence-corrected chi connectivity index (χ4v) is 2.96. The van der Waals surface area contributed by atoms with Gasteiger partial charge in [0.15, 0.2) is 0 Å². The van der Waals surface area contributed by atoms with Gasteiger partial charge in [-0.05, 0) is 24.6 Å². The molecule has 0 bridgehead atoms. The van der Waals surface area contributed by atoms with E-state index in [1.54, 1.807) is 13.0 Å². The first-order chi connectivity index (χ1) is 10.0. The lowest BCUT2D eigenvalue weighted by atomic mass is 10.1. The highest BCUT2D eigenvalue weighted by Gasteiger charge is 2.24. The fourth-order valence-electron chi connectivity index (χ4n) is 2.48. The van der Waals surface area contributed by atoms with E-state index < -0.39 is 11.5 Å². The Morgan fingerprint density at radius 3 is 2.52 bits per heavy atom. The molecule has 1 aromatic carbocycles. The number of aromatic nitrogens is 2. The summed E-state index contributed by atoms with van der Waals surface area (Å²) >= 11 is 12.1. The van der Waals surface area contributed by atoms with E-state index in [-0.39, 0.29) is 10.6 Å². The van der Waals surface area contributed by atoms with Crippen molar-refractivity contribution in [3.05, 3.63) is 44.0 Å². The van der Waals surface area contributed by atoms with Crippen LogP contribution < -0.4 is 5.56 Å². The third kappa shape index (κ3) is 2.39. The van der Waals surface area contributed by atoms with Gasteiger partial charge in [0, 0.05) is 10.6 Å². The van der Waals surface area contributed by atoms with E-state index >= 15 is 0 Å². The molecule has 0 spiro atoms. The summed E-state index contributed by atoms with van der Waals surface area (Å²) in [6.45, 7) is 3.16. The lowest BCUT2D eigenvalue weighted by Crippen LogP contribution is -2.23. The van der Waals surface area contributed by atoms with Gasteiger partial charge in [-0.25, -0.2) is 4.68 Å². The van der Waals surface area contributed by atoms with Crippen molar-refractivity contribution in [1.29, 1.82) is 0 Å². The van der Waals surface area contributed by atoms with Crippen molar-refractivity contribution < 1.29 is 9.13 Å². The number of hydrogen-bond acceptors (Lipinski definition) is 2. The standard InChI is InChI=1S/C14H13Cl2FN2O2/c1-8-6-9(11(16)7-10(8)15)12-13(17)18-2-4-21-5-3-19(18)14(12)20/h6-7H,2-5H2,1H3. The summed E-state index contributed by atoms with van der Waals surface area (Å²) in [7, 11) is 0. The van der Waals surface area contributed by atoms with Gasteiger partial charge in [-0.2, -0.15) is 4.39 Å². The van der Waals surface area contributed by atoms with E-state index in [9.17, 15) is 9.18 Å². The van der Waals surface area contributed by atoms with Gasteiger partial charge in [-0.1, -0.05) is 23.2 Å². The summed E-state index contributed by atoms with van der Waals surface area (Å²) in [4.78, 5) is 12.5. The molecule has 2 aromatic rings. The average Bonchev–Trinajstić information content (AvgIpc) is 2.63. The van der Waals surface area contributed by atoms with Crippen molar-refractivity contribution in [2.75, 3.05) is 13.2 Å². The Kier molecular flexibility index (Phi) is 3.82. The summed E-state index contributed by atoms with van der Waals surface area (Å²) in [6.07, 6.45) is 0. The second-order valence-electron chi connectivity index (χ2n) is 4.91. The van der Waals surface area contributed by atoms with Gasteiger partial charge in [-0.15, -0.1) is 0 Å². The number of nitrogens with zero attached hydrogens (tertiary/aromatic N) is 2. The van der Waals surface area contributed by atoms with Gasteiger partial charge in [0.2, 0.25) is 5.95 Å². The van der Waals surface area contributed by atoms with E-state index in [0.29, 0.717) is 36.9 Å². The molecule has 1 aliphatic heterocycles. The molecule has 0 N–H and O–H groups in total. The largest absolute Gasteiger partial charge is 0.378 e. The van der Waals surface area contributed by atoms with Crippen LogP contribution in [0, 0.1) is 12.9 Å². The Hall–Kier alpha value is -1.30. The number of hydrogen-bond donors (Lipinski definition) is 0. The minimum absolute atomic E-state index is 0.0123. The third-order valence-corrected chi connectivity index (χ3v) is 4.31. The summed E-state index contributed by atoms with van der Waals surface area (Å²) in [5.74, 6) is -0.589. The van der Waals surface area contributed by atoms with E-state index in [1.807, 2.05) is 0 Å². The zero-order chi connectivity index (χ0) is 15.1. The number of rotatable bonds is 1. The maximum atomic E-state index is 14.6. The molecule has 21 heavy (non-hydrogen) atoms. The molecule has 0 saturated carbocycles. The number of aryl methyl sites for hydroxylation is 1. The van der Waals surface area contributed by atoms with Crippen LogP contribution in [0.15, 0.2) is 16.9 Å². The van der Waals surface area contributed by atoms with Crippen molar-refractivity contribution in [2.24, 2.45) is 0 Å². The van der Waals surface area contributed by atoms with Gasteiger partial charge < -0.3 is 4.74 Å². The van der Waals surface area contributed by atoms with E-state index in [0.717, 1.165) is 5.56 Å². The number of benzene rings is 1. The molecule has 0 radical (unpaired) electrons. The fraction of sp³-hybridized carbons (Fsp3) is 0.357. The maximum absolute atomic E-state index is 14.6. The normalized spacial score (nSPS) is 14.9. The molecule has 3 rings (SSSR count). The van der Waals surface area contributed by atoms with E-state index in [1.165, 1.54) is 15.4 Å². The van der Waals surface area contributed by atoms with Crippen molar-refractivity contribution in [2.45, 2.75) is 20.0 Å². The van der Waals surface area contributed by atoms with Crippen molar-refractivity contribution in [1.82, 2.24) is 9.36 Å². The molecule has 0 aliphatic carbocycles. The van der Waals surface area contributed by atoms with Crippen molar-refractivity contribution in [3.8, 4) is 11.1 Å². The molecule has 112 valence electrons. The molecule has 0 amide bonds. The predicted molar refractivity (Wildman–Crippen MR) is 79.7 cm³/mol. The van der Waals surface area contributed by atoms with E-state index in [2.05, 4.69) is 0 Å². The molecule has 0 saturated heterocycles. The molecule has 1 aromatic heterocycles. The zero-order valence-corrected chi connectivity index (χ0v) is 12.8. The molecule has 7 heteroatoms. The van der Waals surface area contributed by atoms with Crippen LogP contribution in [0.5, 0.6) is 0 Å². The van der Waals surface area contributed by atoms with Crippen LogP contribution in [0.1, 0.15) is 5.56 Å². The summed E-state index contributed by atoms with van der Waals surface area (Å²) in [6, 6.07) is 3.17. The first-order valence-corrected chi connectivity index (χ1v) is 7.29. The first kappa shape index (κ1) is 14.6. The molecule has 0 fully saturated rings. The molecule has 2 heterocycles. The third-order valence-electron chi connectivity index (χ3n) is 3.59. The van der Waals surface area contributed by atoms with Gasteiger partial charge in [0.05, 0.1) is 31.3 Å². The van der Waals surface area contributed by atoms with Gasteiger partial charge >= 0.3 is 0 Å². The molecule has 1 aliphatic rings. The summed E-state index contributed by atoms with van der Waals surface area (Å²) in [5, 5.41) is 0.748. The van der Waals surface area contributed by atoms with Crippen molar-refractivity contribution >= 4 is 23.2 Å². The number of ether oxygens (including phenoxy) is 1. The van der Waals surface area contributed by atoms with Gasteiger partial charge in [0.1, 0.15) is 5.56 Å². The molecule has 0 unspecified atom stereocenters. The predicted octanol–water partition coefficient (Wildman–Crippen LogP) is 3.10.